The topological polar surface area (TPSA) is 40.5 Å². The monoisotopic (exact) mass is 199 g/mol. The molecule has 0 aromatic carbocycles. The Labute approximate surface area is 87.7 Å². The summed E-state index contributed by atoms with van der Waals surface area (Å²) in [5.41, 5.74) is 0. The molecule has 0 heterocycles. The molecule has 2 nitrogen and oxygen atoms in total. The Morgan fingerprint density at radius 3 is 2.36 bits per heavy atom. The van der Waals surface area contributed by atoms with Gasteiger partial charge < -0.3 is 10.2 Å². The quantitative estimate of drug-likeness (QED) is 0.618. The minimum atomic E-state index is -0.536. The summed E-state index contributed by atoms with van der Waals surface area (Å²) < 4.78 is 0. The van der Waals surface area contributed by atoms with Crippen molar-refractivity contribution in [3.05, 3.63) is 19.1 Å². The third-order valence-corrected chi connectivity index (χ3v) is 2.47. The van der Waals surface area contributed by atoms with E-state index in [0.29, 0.717) is 12.8 Å². The number of allylic oxidation sites excluding steroid dienone is 1. The van der Waals surface area contributed by atoms with Crippen LogP contribution in [-0.2, 0) is 0 Å². The number of hydrogen-bond donors (Lipinski definition) is 2. The molecule has 0 saturated carbocycles. The molecule has 3 atom stereocenters. The third-order valence-electron chi connectivity index (χ3n) is 2.47. The molecule has 2 N–H and O–H groups in total. The standard InChI is InChI=1S/C12H23O2/c1-4-7-9-12(14)10(8-5-2)11(13)6-3/h7,9-14H,1,4-6,8H2,2-3H3. The average Bonchev–Trinajstić information content (AvgIpc) is 2.21. The molecule has 0 aliphatic carbocycles. The van der Waals surface area contributed by atoms with Crippen molar-refractivity contribution in [3.8, 4) is 0 Å². The minimum absolute atomic E-state index is 0.0344. The predicted molar refractivity (Wildman–Crippen MR) is 59.8 cm³/mol. The summed E-state index contributed by atoms with van der Waals surface area (Å²) in [6.07, 6.45) is 5.86. The Hall–Kier alpha value is -0.340. The lowest BCUT2D eigenvalue weighted by atomic mass is 9.89. The Morgan fingerprint density at radius 1 is 1.29 bits per heavy atom. The highest BCUT2D eigenvalue weighted by molar-refractivity contribution is 4.94. The second-order valence-electron chi connectivity index (χ2n) is 3.64. The van der Waals surface area contributed by atoms with Crippen molar-refractivity contribution in [3.63, 3.8) is 0 Å². The van der Waals surface area contributed by atoms with Gasteiger partial charge in [0, 0.05) is 5.92 Å². The second-order valence-corrected chi connectivity index (χ2v) is 3.64. The molecule has 3 unspecified atom stereocenters. The fourth-order valence-corrected chi connectivity index (χ4v) is 1.61. The summed E-state index contributed by atoms with van der Waals surface area (Å²) in [4.78, 5) is 0. The lowest BCUT2D eigenvalue weighted by molar-refractivity contribution is 0.0280. The van der Waals surface area contributed by atoms with Gasteiger partial charge in [-0.15, -0.1) is 0 Å². The van der Waals surface area contributed by atoms with E-state index in [1.807, 2.05) is 13.0 Å². The second kappa shape index (κ2) is 8.01. The van der Waals surface area contributed by atoms with Crippen molar-refractivity contribution in [2.75, 3.05) is 0 Å². The van der Waals surface area contributed by atoms with Crippen LogP contribution >= 0.6 is 0 Å². The zero-order valence-electron chi connectivity index (χ0n) is 9.32. The van der Waals surface area contributed by atoms with Crippen LogP contribution in [0.4, 0.5) is 0 Å². The summed E-state index contributed by atoms with van der Waals surface area (Å²) >= 11 is 0. The normalized spacial score (nSPS) is 18.4. The largest absolute Gasteiger partial charge is 0.393 e. The van der Waals surface area contributed by atoms with E-state index in [4.69, 9.17) is 0 Å². The average molecular weight is 199 g/mol. The van der Waals surface area contributed by atoms with Crippen molar-refractivity contribution in [2.24, 2.45) is 5.92 Å². The Balaban J connectivity index is 4.23. The van der Waals surface area contributed by atoms with Gasteiger partial charge in [-0.05, 0) is 26.2 Å². The van der Waals surface area contributed by atoms with Crippen LogP contribution in [0.1, 0.15) is 39.5 Å². The predicted octanol–water partition coefficient (Wildman–Crippen LogP) is 2.31. The molecule has 0 amide bonds. The van der Waals surface area contributed by atoms with Gasteiger partial charge in [0.15, 0.2) is 0 Å². The lowest BCUT2D eigenvalue weighted by Crippen LogP contribution is -2.30. The number of aliphatic hydroxyl groups is 2. The number of aliphatic hydroxyl groups excluding tert-OH is 2. The van der Waals surface area contributed by atoms with E-state index in [9.17, 15) is 10.2 Å². The molecule has 0 aromatic heterocycles. The van der Waals surface area contributed by atoms with Crippen LogP contribution in [-0.4, -0.2) is 22.4 Å². The number of hydrogen-bond acceptors (Lipinski definition) is 2. The molecular formula is C12H23O2. The zero-order valence-corrected chi connectivity index (χ0v) is 9.32. The maximum Gasteiger partial charge on any atom is 0.0773 e. The minimum Gasteiger partial charge on any atom is -0.393 e. The van der Waals surface area contributed by atoms with Crippen LogP contribution in [0.25, 0.3) is 0 Å². The van der Waals surface area contributed by atoms with E-state index < -0.39 is 12.2 Å². The van der Waals surface area contributed by atoms with Crippen molar-refractivity contribution >= 4 is 0 Å². The van der Waals surface area contributed by atoms with Crippen molar-refractivity contribution in [1.29, 1.82) is 0 Å². The van der Waals surface area contributed by atoms with Gasteiger partial charge in [-0.3, -0.25) is 0 Å². The van der Waals surface area contributed by atoms with Crippen molar-refractivity contribution in [1.82, 2.24) is 0 Å². The van der Waals surface area contributed by atoms with Gasteiger partial charge in [-0.1, -0.05) is 32.4 Å². The summed E-state index contributed by atoms with van der Waals surface area (Å²) in [6, 6.07) is 0. The molecule has 0 aliphatic heterocycles. The van der Waals surface area contributed by atoms with Crippen LogP contribution in [0.2, 0.25) is 0 Å². The Bertz CT molecular complexity index is 154. The highest BCUT2D eigenvalue weighted by Crippen LogP contribution is 2.19. The summed E-state index contributed by atoms with van der Waals surface area (Å²) in [5.74, 6) is -0.0344. The van der Waals surface area contributed by atoms with E-state index in [2.05, 4.69) is 13.8 Å². The summed E-state index contributed by atoms with van der Waals surface area (Å²) in [5, 5.41) is 19.5. The van der Waals surface area contributed by atoms with E-state index >= 15 is 0 Å². The fraction of sp³-hybridized carbons (Fsp3) is 0.750. The maximum atomic E-state index is 9.80. The smallest absolute Gasteiger partial charge is 0.0773 e. The molecule has 0 rings (SSSR count). The summed E-state index contributed by atoms with van der Waals surface area (Å²) in [7, 11) is 0. The first kappa shape index (κ1) is 13.7. The van der Waals surface area contributed by atoms with Crippen molar-refractivity contribution < 1.29 is 10.2 Å². The molecule has 0 aliphatic rings. The zero-order chi connectivity index (χ0) is 11.0. The van der Waals surface area contributed by atoms with Gasteiger partial charge >= 0.3 is 0 Å². The SMILES string of the molecule is [CH2]CC=CC(O)C(CCC)C(O)CC. The van der Waals surface area contributed by atoms with Gasteiger partial charge in [0.1, 0.15) is 0 Å². The molecule has 0 spiro atoms. The van der Waals surface area contributed by atoms with Gasteiger partial charge in [0.05, 0.1) is 12.2 Å². The van der Waals surface area contributed by atoms with E-state index in [1.54, 1.807) is 6.08 Å². The molecule has 2 heteroatoms. The van der Waals surface area contributed by atoms with Crippen LogP contribution in [0.5, 0.6) is 0 Å². The molecule has 0 saturated heterocycles. The van der Waals surface area contributed by atoms with Crippen LogP contribution in [0.15, 0.2) is 12.2 Å². The Morgan fingerprint density at radius 2 is 1.93 bits per heavy atom. The number of rotatable bonds is 7. The molecule has 1 radical (unpaired) electrons. The van der Waals surface area contributed by atoms with Gasteiger partial charge in [0.25, 0.3) is 0 Å². The van der Waals surface area contributed by atoms with Gasteiger partial charge in [-0.2, -0.15) is 0 Å². The highest BCUT2D eigenvalue weighted by atomic mass is 16.3. The van der Waals surface area contributed by atoms with Crippen molar-refractivity contribution in [2.45, 2.75) is 51.7 Å². The van der Waals surface area contributed by atoms with E-state index in [-0.39, 0.29) is 5.92 Å². The van der Waals surface area contributed by atoms with E-state index in [1.165, 1.54) is 0 Å². The van der Waals surface area contributed by atoms with Crippen LogP contribution in [0.3, 0.4) is 0 Å². The first-order valence-electron chi connectivity index (χ1n) is 5.49. The molecule has 0 aromatic rings. The molecule has 14 heavy (non-hydrogen) atoms. The molecular weight excluding hydrogens is 176 g/mol. The lowest BCUT2D eigenvalue weighted by Gasteiger charge is -2.24. The van der Waals surface area contributed by atoms with E-state index in [0.717, 1.165) is 12.8 Å². The molecule has 83 valence electrons. The van der Waals surface area contributed by atoms with Crippen LogP contribution < -0.4 is 0 Å². The molecule has 0 fully saturated rings. The maximum absolute atomic E-state index is 9.80. The molecule has 0 bridgehead atoms. The highest BCUT2D eigenvalue weighted by Gasteiger charge is 2.22. The third kappa shape index (κ3) is 4.77. The van der Waals surface area contributed by atoms with Crippen LogP contribution in [0, 0.1) is 12.8 Å². The Kier molecular flexibility index (Phi) is 7.81. The van der Waals surface area contributed by atoms with Gasteiger partial charge in [0.2, 0.25) is 0 Å². The summed E-state index contributed by atoms with van der Waals surface area (Å²) in [6.45, 7) is 7.67. The van der Waals surface area contributed by atoms with Gasteiger partial charge in [-0.25, -0.2) is 0 Å². The first-order valence-corrected chi connectivity index (χ1v) is 5.49. The first-order chi connectivity index (χ1) is 6.67. The fourth-order valence-electron chi connectivity index (χ4n) is 1.61.